The molecule has 0 saturated heterocycles. The van der Waals surface area contributed by atoms with Gasteiger partial charge in [0.25, 0.3) is 0 Å². The van der Waals surface area contributed by atoms with Crippen LogP contribution in [0.15, 0.2) is 18.2 Å². The van der Waals surface area contributed by atoms with Gasteiger partial charge in [-0.25, -0.2) is 0 Å². The summed E-state index contributed by atoms with van der Waals surface area (Å²) in [5.41, 5.74) is -0.534. The second-order valence-corrected chi connectivity index (χ2v) is 5.70. The molecule has 4 heteroatoms. The molecule has 0 aromatic heterocycles. The van der Waals surface area contributed by atoms with Crippen LogP contribution in [0.1, 0.15) is 75.8 Å². The van der Waals surface area contributed by atoms with Gasteiger partial charge in [-0.05, 0) is 24.0 Å². The van der Waals surface area contributed by atoms with Crippen molar-refractivity contribution in [2.24, 2.45) is 0 Å². The first-order chi connectivity index (χ1) is 9.88. The van der Waals surface area contributed by atoms with E-state index in [2.05, 4.69) is 6.92 Å². The van der Waals surface area contributed by atoms with E-state index in [4.69, 9.17) is 0 Å². The summed E-state index contributed by atoms with van der Waals surface area (Å²) in [6.45, 7) is 4.04. The van der Waals surface area contributed by atoms with Gasteiger partial charge in [0, 0.05) is 0 Å². The van der Waals surface area contributed by atoms with Crippen LogP contribution in [0.25, 0.3) is 0 Å². The Labute approximate surface area is 125 Å². The van der Waals surface area contributed by atoms with Crippen molar-refractivity contribution in [1.29, 1.82) is 0 Å². The molecule has 0 aliphatic rings. The minimum Gasteiger partial charge on any atom is -0.507 e. The Morgan fingerprint density at radius 3 is 2.29 bits per heavy atom. The van der Waals surface area contributed by atoms with Gasteiger partial charge in [-0.15, -0.1) is 0 Å². The molecule has 1 unspecified atom stereocenters. The maximum Gasteiger partial charge on any atom is 0.419 e. The molecule has 1 nitrogen and oxygen atoms in total. The second kappa shape index (κ2) is 8.30. The molecule has 0 amide bonds. The largest absolute Gasteiger partial charge is 0.507 e. The number of para-hydroxylation sites is 1. The fourth-order valence-corrected chi connectivity index (χ4v) is 2.57. The van der Waals surface area contributed by atoms with Gasteiger partial charge in [-0.1, -0.05) is 64.5 Å². The van der Waals surface area contributed by atoms with E-state index in [1.54, 1.807) is 6.07 Å². The van der Waals surface area contributed by atoms with Gasteiger partial charge in [0.05, 0.1) is 5.56 Å². The number of hydrogen-bond acceptors (Lipinski definition) is 1. The van der Waals surface area contributed by atoms with E-state index in [0.29, 0.717) is 5.56 Å². The Balaban J connectivity index is 2.57. The zero-order valence-corrected chi connectivity index (χ0v) is 12.8. The van der Waals surface area contributed by atoms with Crippen LogP contribution in [0.4, 0.5) is 13.2 Å². The van der Waals surface area contributed by atoms with Crippen molar-refractivity contribution >= 4 is 0 Å². The second-order valence-electron chi connectivity index (χ2n) is 5.70. The highest BCUT2D eigenvalue weighted by Gasteiger charge is 2.34. The number of unbranched alkanes of at least 4 members (excludes halogenated alkanes) is 5. The van der Waals surface area contributed by atoms with Crippen LogP contribution >= 0.6 is 0 Å². The number of rotatable bonds is 8. The third-order valence-corrected chi connectivity index (χ3v) is 3.89. The molecule has 1 aromatic carbocycles. The third-order valence-electron chi connectivity index (χ3n) is 3.89. The minimum absolute atomic E-state index is 0.0570. The van der Waals surface area contributed by atoms with Crippen molar-refractivity contribution in [1.82, 2.24) is 0 Å². The SMILES string of the molecule is CCCCCCCCC(C)c1cccc(C(F)(F)F)c1O. The van der Waals surface area contributed by atoms with Gasteiger partial charge in [0.1, 0.15) is 5.75 Å². The van der Waals surface area contributed by atoms with E-state index in [1.165, 1.54) is 31.7 Å². The summed E-state index contributed by atoms with van der Waals surface area (Å²) in [6.07, 6.45) is 3.24. The number of benzene rings is 1. The predicted octanol–water partition coefficient (Wildman–Crippen LogP) is 6.27. The van der Waals surface area contributed by atoms with E-state index < -0.39 is 17.5 Å². The number of hydrogen-bond donors (Lipinski definition) is 1. The predicted molar refractivity (Wildman–Crippen MR) is 79.5 cm³/mol. The van der Waals surface area contributed by atoms with Crippen molar-refractivity contribution in [3.05, 3.63) is 29.3 Å². The number of alkyl halides is 3. The Hall–Kier alpha value is -1.19. The van der Waals surface area contributed by atoms with E-state index in [9.17, 15) is 18.3 Å². The summed E-state index contributed by atoms with van der Waals surface area (Å²) in [7, 11) is 0. The third kappa shape index (κ3) is 5.60. The van der Waals surface area contributed by atoms with Crippen LogP contribution in [0, 0.1) is 0 Å². The van der Waals surface area contributed by atoms with Crippen molar-refractivity contribution < 1.29 is 18.3 Å². The molecule has 0 saturated carbocycles. The number of halogens is 3. The van der Waals surface area contributed by atoms with Crippen LogP contribution in [0.5, 0.6) is 5.75 Å². The van der Waals surface area contributed by atoms with Crippen LogP contribution in [-0.4, -0.2) is 5.11 Å². The lowest BCUT2D eigenvalue weighted by Crippen LogP contribution is -2.07. The highest BCUT2D eigenvalue weighted by molar-refractivity contribution is 5.43. The van der Waals surface area contributed by atoms with Crippen molar-refractivity contribution in [3.8, 4) is 5.75 Å². The maximum atomic E-state index is 12.8. The van der Waals surface area contributed by atoms with E-state index >= 15 is 0 Å². The molecular weight excluding hydrogens is 277 g/mol. The summed E-state index contributed by atoms with van der Waals surface area (Å²) in [5.74, 6) is -0.665. The zero-order valence-electron chi connectivity index (χ0n) is 12.8. The van der Waals surface area contributed by atoms with Crippen LogP contribution in [0.3, 0.4) is 0 Å². The molecule has 0 radical (unpaired) electrons. The molecule has 0 spiro atoms. The van der Waals surface area contributed by atoms with Crippen molar-refractivity contribution in [2.75, 3.05) is 0 Å². The lowest BCUT2D eigenvalue weighted by atomic mass is 9.92. The van der Waals surface area contributed by atoms with Gasteiger partial charge < -0.3 is 5.11 Å². The standard InChI is InChI=1S/C17H25F3O/c1-3-4-5-6-7-8-10-13(2)14-11-9-12-15(16(14)21)17(18,19)20/h9,11-13,21H,3-8,10H2,1-2H3. The molecule has 0 fully saturated rings. The lowest BCUT2D eigenvalue weighted by Gasteiger charge is -2.17. The number of phenols is 1. The summed E-state index contributed by atoms with van der Waals surface area (Å²) < 4.78 is 38.3. The molecule has 120 valence electrons. The Morgan fingerprint density at radius 1 is 1.05 bits per heavy atom. The molecule has 1 atom stereocenters. The highest BCUT2D eigenvalue weighted by Crippen LogP contribution is 2.40. The number of aromatic hydroxyl groups is 1. The first kappa shape index (κ1) is 17.9. The lowest BCUT2D eigenvalue weighted by molar-refractivity contribution is -0.138. The van der Waals surface area contributed by atoms with Crippen molar-refractivity contribution in [3.63, 3.8) is 0 Å². The average Bonchev–Trinajstić information content (AvgIpc) is 2.41. The Morgan fingerprint density at radius 2 is 1.67 bits per heavy atom. The summed E-state index contributed by atoms with van der Waals surface area (Å²) in [5, 5.41) is 9.85. The summed E-state index contributed by atoms with van der Waals surface area (Å²) in [4.78, 5) is 0. The molecule has 1 aromatic rings. The van der Waals surface area contributed by atoms with Crippen LogP contribution < -0.4 is 0 Å². The first-order valence-corrected chi connectivity index (χ1v) is 7.77. The normalized spacial score (nSPS) is 13.4. The van der Waals surface area contributed by atoms with Gasteiger partial charge in [-0.2, -0.15) is 13.2 Å². The molecule has 0 aliphatic heterocycles. The topological polar surface area (TPSA) is 20.2 Å². The van der Waals surface area contributed by atoms with Crippen LogP contribution in [0.2, 0.25) is 0 Å². The smallest absolute Gasteiger partial charge is 0.419 e. The van der Waals surface area contributed by atoms with E-state index in [0.717, 1.165) is 25.3 Å². The quantitative estimate of drug-likeness (QED) is 0.561. The van der Waals surface area contributed by atoms with Gasteiger partial charge in [0.15, 0.2) is 0 Å². The molecule has 1 rings (SSSR count). The zero-order chi connectivity index (χ0) is 15.9. The van der Waals surface area contributed by atoms with Gasteiger partial charge in [-0.3, -0.25) is 0 Å². The fourth-order valence-electron chi connectivity index (χ4n) is 2.57. The minimum atomic E-state index is -4.50. The van der Waals surface area contributed by atoms with Crippen LogP contribution in [-0.2, 0) is 6.18 Å². The molecule has 0 heterocycles. The molecular formula is C17H25F3O. The number of phenolic OH excluding ortho intramolecular Hbond substituents is 1. The van der Waals surface area contributed by atoms with Gasteiger partial charge >= 0.3 is 6.18 Å². The molecule has 21 heavy (non-hydrogen) atoms. The molecule has 0 aliphatic carbocycles. The first-order valence-electron chi connectivity index (χ1n) is 7.77. The van der Waals surface area contributed by atoms with E-state index in [-0.39, 0.29) is 5.92 Å². The Kier molecular flexibility index (Phi) is 7.06. The average molecular weight is 302 g/mol. The fraction of sp³-hybridized carbons (Fsp3) is 0.647. The maximum absolute atomic E-state index is 12.8. The monoisotopic (exact) mass is 302 g/mol. The van der Waals surface area contributed by atoms with E-state index in [1.807, 2.05) is 6.92 Å². The van der Waals surface area contributed by atoms with Gasteiger partial charge in [0.2, 0.25) is 0 Å². The van der Waals surface area contributed by atoms with Crippen molar-refractivity contribution in [2.45, 2.75) is 70.9 Å². The highest BCUT2D eigenvalue weighted by atomic mass is 19.4. The Bertz CT molecular complexity index is 427. The molecule has 0 bridgehead atoms. The molecule has 1 N–H and O–H groups in total. The summed E-state index contributed by atoms with van der Waals surface area (Å²) >= 11 is 0. The summed E-state index contributed by atoms with van der Waals surface area (Å²) in [6, 6.07) is 3.89.